The Bertz CT molecular complexity index is 180. The van der Waals surface area contributed by atoms with E-state index in [1.807, 2.05) is 6.92 Å². The van der Waals surface area contributed by atoms with Gasteiger partial charge in [0.05, 0.1) is 11.8 Å². The fraction of sp³-hybridized carbons (Fsp3) is 0.800. The van der Waals surface area contributed by atoms with Crippen LogP contribution in [0.3, 0.4) is 0 Å². The molecule has 14 heavy (non-hydrogen) atoms. The van der Waals surface area contributed by atoms with E-state index in [9.17, 15) is 5.11 Å². The molecule has 4 heteroatoms. The summed E-state index contributed by atoms with van der Waals surface area (Å²) in [6.07, 6.45) is 2.44. The average Bonchev–Trinajstić information content (AvgIpc) is 2.04. The van der Waals surface area contributed by atoms with Gasteiger partial charge in [-0.3, -0.25) is 0 Å². The Balaban J connectivity index is 4.26. The Kier molecular flexibility index (Phi) is 6.32. The molecule has 0 aliphatic rings. The number of nitrogens with two attached hydrogens (primary N) is 2. The maximum atomic E-state index is 9.72. The number of aliphatic hydroxyl groups is 1. The third kappa shape index (κ3) is 4.48. The first-order valence-corrected chi connectivity index (χ1v) is 5.15. The highest BCUT2D eigenvalue weighted by Gasteiger charge is 2.15. The van der Waals surface area contributed by atoms with Crippen molar-refractivity contribution in [3.8, 4) is 0 Å². The summed E-state index contributed by atoms with van der Waals surface area (Å²) < 4.78 is 0. The van der Waals surface area contributed by atoms with Crippen molar-refractivity contribution in [3.05, 3.63) is 11.9 Å². The van der Waals surface area contributed by atoms with Gasteiger partial charge in [0.1, 0.15) is 0 Å². The average molecular weight is 201 g/mol. The molecule has 0 heterocycles. The Morgan fingerprint density at radius 1 is 1.50 bits per heavy atom. The van der Waals surface area contributed by atoms with Gasteiger partial charge in [-0.05, 0) is 12.3 Å². The van der Waals surface area contributed by atoms with E-state index < -0.39 is 6.10 Å². The van der Waals surface area contributed by atoms with Gasteiger partial charge >= 0.3 is 0 Å². The van der Waals surface area contributed by atoms with Crippen LogP contribution in [0.2, 0.25) is 0 Å². The number of aliphatic hydroxyl groups excluding tert-OH is 1. The van der Waals surface area contributed by atoms with Crippen molar-refractivity contribution in [1.82, 2.24) is 5.01 Å². The van der Waals surface area contributed by atoms with Crippen LogP contribution in [0.15, 0.2) is 11.9 Å². The molecule has 84 valence electrons. The lowest BCUT2D eigenvalue weighted by molar-refractivity contribution is 0.147. The maximum Gasteiger partial charge on any atom is 0.0964 e. The lowest BCUT2D eigenvalue weighted by Gasteiger charge is -2.26. The number of nitrogens with zero attached hydrogens (tertiary/aromatic N) is 1. The van der Waals surface area contributed by atoms with Gasteiger partial charge in [0, 0.05) is 12.7 Å². The standard InChI is InChI=1S/C10H23N3O/c1-4-5-10(14)9(6-11)13(12)7-8(2)3/h6,8,10,14H,4-5,7,11-12H2,1-3H3/b9-6-. The summed E-state index contributed by atoms with van der Waals surface area (Å²) in [5.74, 6) is 6.23. The van der Waals surface area contributed by atoms with E-state index in [1.54, 1.807) is 0 Å². The smallest absolute Gasteiger partial charge is 0.0964 e. The molecule has 0 fully saturated rings. The first-order chi connectivity index (χ1) is 6.52. The molecule has 0 aromatic heterocycles. The Labute approximate surface area is 86.5 Å². The summed E-state index contributed by atoms with van der Waals surface area (Å²) in [7, 11) is 0. The van der Waals surface area contributed by atoms with Gasteiger partial charge in [-0.1, -0.05) is 27.2 Å². The van der Waals surface area contributed by atoms with Crippen LogP contribution in [0, 0.1) is 5.92 Å². The Morgan fingerprint density at radius 2 is 2.07 bits per heavy atom. The maximum absolute atomic E-state index is 9.72. The molecule has 0 spiro atoms. The largest absolute Gasteiger partial charge is 0.403 e. The first kappa shape index (κ1) is 13.3. The molecule has 5 N–H and O–H groups in total. The van der Waals surface area contributed by atoms with Crippen LogP contribution >= 0.6 is 0 Å². The van der Waals surface area contributed by atoms with Gasteiger partial charge in [-0.2, -0.15) is 0 Å². The number of hydrogen-bond acceptors (Lipinski definition) is 4. The van der Waals surface area contributed by atoms with E-state index in [1.165, 1.54) is 11.2 Å². The third-order valence-electron chi connectivity index (χ3n) is 1.97. The summed E-state index contributed by atoms with van der Waals surface area (Å²) in [6, 6.07) is 0. The second-order valence-electron chi connectivity index (χ2n) is 3.94. The second kappa shape index (κ2) is 6.68. The first-order valence-electron chi connectivity index (χ1n) is 5.15. The van der Waals surface area contributed by atoms with Crippen LogP contribution in [-0.4, -0.2) is 22.8 Å². The van der Waals surface area contributed by atoms with E-state index in [-0.39, 0.29) is 0 Å². The lowest BCUT2D eigenvalue weighted by Crippen LogP contribution is -2.38. The SMILES string of the molecule is CCCC(O)/C(=C/N)N(N)CC(C)C. The molecule has 4 nitrogen and oxygen atoms in total. The zero-order valence-corrected chi connectivity index (χ0v) is 9.40. The zero-order chi connectivity index (χ0) is 11.1. The molecular formula is C10H23N3O. The molecular weight excluding hydrogens is 178 g/mol. The highest BCUT2D eigenvalue weighted by molar-refractivity contribution is 5.03. The molecule has 0 radical (unpaired) electrons. The van der Waals surface area contributed by atoms with Gasteiger partial charge in [-0.15, -0.1) is 0 Å². The summed E-state index contributed by atoms with van der Waals surface area (Å²) in [5.41, 5.74) is 6.05. The van der Waals surface area contributed by atoms with E-state index in [0.717, 1.165) is 6.42 Å². The van der Waals surface area contributed by atoms with E-state index in [2.05, 4.69) is 13.8 Å². The molecule has 0 saturated heterocycles. The van der Waals surface area contributed by atoms with Crippen LogP contribution < -0.4 is 11.6 Å². The van der Waals surface area contributed by atoms with Gasteiger partial charge < -0.3 is 15.8 Å². The minimum absolute atomic E-state index is 0.448. The highest BCUT2D eigenvalue weighted by atomic mass is 16.3. The summed E-state index contributed by atoms with van der Waals surface area (Å²) >= 11 is 0. The van der Waals surface area contributed by atoms with Gasteiger partial charge in [0.15, 0.2) is 0 Å². The van der Waals surface area contributed by atoms with Crippen molar-refractivity contribution >= 4 is 0 Å². The topological polar surface area (TPSA) is 75.5 Å². The molecule has 0 aliphatic heterocycles. The predicted octanol–water partition coefficient (Wildman–Crippen LogP) is 0.779. The van der Waals surface area contributed by atoms with Crippen LogP contribution in [0.25, 0.3) is 0 Å². The van der Waals surface area contributed by atoms with Gasteiger partial charge in [-0.25, -0.2) is 5.84 Å². The number of hydrogen-bond donors (Lipinski definition) is 3. The molecule has 1 unspecified atom stereocenters. The Hall–Kier alpha value is -0.740. The summed E-state index contributed by atoms with van der Waals surface area (Å²) in [4.78, 5) is 0. The van der Waals surface area contributed by atoms with Gasteiger partial charge in [0.25, 0.3) is 0 Å². The summed E-state index contributed by atoms with van der Waals surface area (Å²) in [6.45, 7) is 6.85. The predicted molar refractivity (Wildman–Crippen MR) is 58.9 cm³/mol. The normalized spacial score (nSPS) is 14.6. The monoisotopic (exact) mass is 201 g/mol. The minimum atomic E-state index is -0.547. The van der Waals surface area contributed by atoms with Crippen molar-refractivity contribution in [2.75, 3.05) is 6.54 Å². The van der Waals surface area contributed by atoms with Crippen molar-refractivity contribution in [2.24, 2.45) is 17.5 Å². The van der Waals surface area contributed by atoms with Crippen molar-refractivity contribution < 1.29 is 5.11 Å². The van der Waals surface area contributed by atoms with Crippen molar-refractivity contribution in [2.45, 2.75) is 39.7 Å². The molecule has 0 aromatic carbocycles. The number of rotatable bonds is 6. The van der Waals surface area contributed by atoms with Gasteiger partial charge in [0.2, 0.25) is 0 Å². The van der Waals surface area contributed by atoms with Crippen molar-refractivity contribution in [3.63, 3.8) is 0 Å². The van der Waals surface area contributed by atoms with Crippen LogP contribution in [0.5, 0.6) is 0 Å². The molecule has 0 aliphatic carbocycles. The molecule has 0 rings (SSSR count). The van der Waals surface area contributed by atoms with E-state index >= 15 is 0 Å². The molecule has 0 aromatic rings. The minimum Gasteiger partial charge on any atom is -0.403 e. The van der Waals surface area contributed by atoms with Crippen LogP contribution in [0.1, 0.15) is 33.6 Å². The van der Waals surface area contributed by atoms with Crippen LogP contribution in [0.4, 0.5) is 0 Å². The molecule has 1 atom stereocenters. The number of hydrazine groups is 1. The molecule has 0 bridgehead atoms. The highest BCUT2D eigenvalue weighted by Crippen LogP contribution is 2.11. The fourth-order valence-corrected chi connectivity index (χ4v) is 1.32. The zero-order valence-electron chi connectivity index (χ0n) is 9.40. The second-order valence-corrected chi connectivity index (χ2v) is 3.94. The lowest BCUT2D eigenvalue weighted by atomic mass is 10.1. The quantitative estimate of drug-likeness (QED) is 0.438. The van der Waals surface area contributed by atoms with Crippen LogP contribution in [-0.2, 0) is 0 Å². The third-order valence-corrected chi connectivity index (χ3v) is 1.97. The van der Waals surface area contributed by atoms with Crippen molar-refractivity contribution in [1.29, 1.82) is 0 Å². The molecule has 0 saturated carbocycles. The summed E-state index contributed by atoms with van der Waals surface area (Å²) in [5, 5.41) is 11.3. The molecule has 0 amide bonds. The van der Waals surface area contributed by atoms with E-state index in [0.29, 0.717) is 24.6 Å². The Morgan fingerprint density at radius 3 is 2.43 bits per heavy atom. The fourth-order valence-electron chi connectivity index (χ4n) is 1.32. The van der Waals surface area contributed by atoms with E-state index in [4.69, 9.17) is 11.6 Å².